The second-order valence-electron chi connectivity index (χ2n) is 5.68. The Labute approximate surface area is 119 Å². The summed E-state index contributed by atoms with van der Waals surface area (Å²) < 4.78 is 10.4. The third kappa shape index (κ3) is 2.40. The number of nitrogens with zero attached hydrogens (tertiary/aromatic N) is 3. The molecule has 20 heavy (non-hydrogen) atoms. The summed E-state index contributed by atoms with van der Waals surface area (Å²) in [4.78, 5) is 11.1. The van der Waals surface area contributed by atoms with Crippen LogP contribution < -0.4 is 20.1 Å². The fourth-order valence-corrected chi connectivity index (χ4v) is 3.42. The van der Waals surface area contributed by atoms with Crippen LogP contribution in [0.4, 0.5) is 5.95 Å². The molecule has 2 heterocycles. The number of hydrogen-bond donors (Lipinski definition) is 1. The third-order valence-corrected chi connectivity index (χ3v) is 4.52. The zero-order valence-electron chi connectivity index (χ0n) is 12.1. The summed E-state index contributed by atoms with van der Waals surface area (Å²) in [5.74, 6) is 2.98. The number of rotatable bonds is 3. The molecule has 3 rings (SSSR count). The van der Waals surface area contributed by atoms with Crippen molar-refractivity contribution in [1.29, 1.82) is 0 Å². The molecule has 0 amide bonds. The predicted molar refractivity (Wildman–Crippen MR) is 76.2 cm³/mol. The summed E-state index contributed by atoms with van der Waals surface area (Å²) in [6, 6.07) is 2.00. The quantitative estimate of drug-likeness (QED) is 0.891. The second kappa shape index (κ2) is 5.44. The maximum atomic E-state index is 6.26. The molecule has 1 saturated heterocycles. The molecule has 0 aromatic carbocycles. The molecule has 0 bridgehead atoms. The molecule has 1 aliphatic heterocycles. The van der Waals surface area contributed by atoms with Crippen LogP contribution in [-0.2, 0) is 0 Å². The maximum Gasteiger partial charge on any atom is 0.231 e. The van der Waals surface area contributed by atoms with E-state index in [0.717, 1.165) is 19.5 Å². The van der Waals surface area contributed by atoms with Crippen molar-refractivity contribution in [2.45, 2.75) is 25.3 Å². The van der Waals surface area contributed by atoms with Crippen molar-refractivity contribution in [3.8, 4) is 11.8 Å². The van der Waals surface area contributed by atoms with E-state index in [1.165, 1.54) is 12.8 Å². The molecule has 6 nitrogen and oxygen atoms in total. The summed E-state index contributed by atoms with van der Waals surface area (Å²) in [5.41, 5.74) is 6.26. The van der Waals surface area contributed by atoms with Crippen LogP contribution in [-0.4, -0.2) is 43.3 Å². The number of anilines is 1. The average Bonchev–Trinajstić information content (AvgIpc) is 2.92. The monoisotopic (exact) mass is 278 g/mol. The van der Waals surface area contributed by atoms with Crippen molar-refractivity contribution in [3.05, 3.63) is 6.07 Å². The molecule has 0 radical (unpaired) electrons. The molecular formula is C14H22N4O2. The van der Waals surface area contributed by atoms with E-state index in [1.807, 2.05) is 0 Å². The van der Waals surface area contributed by atoms with Crippen molar-refractivity contribution in [2.24, 2.45) is 17.6 Å². The lowest BCUT2D eigenvalue weighted by Gasteiger charge is -2.29. The van der Waals surface area contributed by atoms with Crippen LogP contribution in [0.5, 0.6) is 11.8 Å². The van der Waals surface area contributed by atoms with Gasteiger partial charge in [0.15, 0.2) is 0 Å². The number of fused-ring (bicyclic) bond motifs is 1. The van der Waals surface area contributed by atoms with E-state index < -0.39 is 0 Å². The number of nitrogens with two attached hydrogens (primary N) is 1. The largest absolute Gasteiger partial charge is 0.481 e. The third-order valence-electron chi connectivity index (χ3n) is 4.52. The first-order chi connectivity index (χ1) is 9.71. The Hall–Kier alpha value is -1.56. The molecule has 2 aliphatic rings. The van der Waals surface area contributed by atoms with Gasteiger partial charge in [-0.3, -0.25) is 0 Å². The van der Waals surface area contributed by atoms with Crippen LogP contribution in [0, 0.1) is 11.8 Å². The Morgan fingerprint density at radius 2 is 1.85 bits per heavy atom. The van der Waals surface area contributed by atoms with Crippen molar-refractivity contribution >= 4 is 5.95 Å². The highest BCUT2D eigenvalue weighted by molar-refractivity contribution is 5.38. The SMILES string of the molecule is COc1cc(OC)nc(N2CC3CCCC(N)C3C2)n1. The maximum absolute atomic E-state index is 6.26. The van der Waals surface area contributed by atoms with Crippen molar-refractivity contribution in [3.63, 3.8) is 0 Å². The molecule has 110 valence electrons. The summed E-state index contributed by atoms with van der Waals surface area (Å²) in [5, 5.41) is 0. The highest BCUT2D eigenvalue weighted by Gasteiger charge is 2.39. The van der Waals surface area contributed by atoms with Crippen LogP contribution in [0.25, 0.3) is 0 Å². The van der Waals surface area contributed by atoms with Gasteiger partial charge in [-0.1, -0.05) is 6.42 Å². The molecule has 1 aliphatic carbocycles. The molecule has 3 atom stereocenters. The van der Waals surface area contributed by atoms with E-state index in [1.54, 1.807) is 20.3 Å². The van der Waals surface area contributed by atoms with Gasteiger partial charge in [-0.15, -0.1) is 0 Å². The number of aromatic nitrogens is 2. The Morgan fingerprint density at radius 1 is 1.15 bits per heavy atom. The van der Waals surface area contributed by atoms with Gasteiger partial charge < -0.3 is 20.1 Å². The van der Waals surface area contributed by atoms with Gasteiger partial charge in [0.1, 0.15) is 0 Å². The summed E-state index contributed by atoms with van der Waals surface area (Å²) in [6.07, 6.45) is 3.63. The predicted octanol–water partition coefficient (Wildman–Crippen LogP) is 1.06. The Kier molecular flexibility index (Phi) is 3.65. The first kappa shape index (κ1) is 13.4. The van der Waals surface area contributed by atoms with Gasteiger partial charge in [0.2, 0.25) is 17.7 Å². The Bertz CT molecular complexity index is 460. The van der Waals surface area contributed by atoms with Crippen LogP contribution in [0.3, 0.4) is 0 Å². The molecule has 6 heteroatoms. The minimum Gasteiger partial charge on any atom is -0.481 e. The van der Waals surface area contributed by atoms with Gasteiger partial charge in [-0.2, -0.15) is 9.97 Å². The molecule has 1 saturated carbocycles. The van der Waals surface area contributed by atoms with E-state index in [4.69, 9.17) is 15.2 Å². The van der Waals surface area contributed by atoms with Gasteiger partial charge in [0.05, 0.1) is 20.3 Å². The first-order valence-electron chi connectivity index (χ1n) is 7.19. The lowest BCUT2D eigenvalue weighted by atomic mass is 9.78. The molecule has 1 aromatic heterocycles. The smallest absolute Gasteiger partial charge is 0.231 e. The standard InChI is InChI=1S/C14H22N4O2/c1-19-12-6-13(20-2)17-14(16-12)18-7-9-4-3-5-11(15)10(9)8-18/h6,9-11H,3-5,7-8,15H2,1-2H3. The zero-order valence-corrected chi connectivity index (χ0v) is 12.1. The summed E-state index contributed by atoms with van der Waals surface area (Å²) >= 11 is 0. The van der Waals surface area contributed by atoms with Crippen molar-refractivity contribution < 1.29 is 9.47 Å². The topological polar surface area (TPSA) is 73.5 Å². The molecule has 2 fully saturated rings. The van der Waals surface area contributed by atoms with E-state index in [2.05, 4.69) is 14.9 Å². The fourth-order valence-electron chi connectivity index (χ4n) is 3.42. The molecular weight excluding hydrogens is 256 g/mol. The van der Waals surface area contributed by atoms with Crippen LogP contribution >= 0.6 is 0 Å². The van der Waals surface area contributed by atoms with Crippen LogP contribution in [0.15, 0.2) is 6.07 Å². The van der Waals surface area contributed by atoms with Gasteiger partial charge in [0, 0.05) is 19.1 Å². The van der Waals surface area contributed by atoms with Crippen LogP contribution in [0.2, 0.25) is 0 Å². The Morgan fingerprint density at radius 3 is 2.45 bits per heavy atom. The first-order valence-corrected chi connectivity index (χ1v) is 7.19. The van der Waals surface area contributed by atoms with E-state index in [-0.39, 0.29) is 0 Å². The molecule has 0 spiro atoms. The number of ether oxygens (including phenoxy) is 2. The highest BCUT2D eigenvalue weighted by atomic mass is 16.5. The molecule has 2 N–H and O–H groups in total. The summed E-state index contributed by atoms with van der Waals surface area (Å²) in [6.45, 7) is 1.91. The minimum absolute atomic E-state index is 0.311. The lowest BCUT2D eigenvalue weighted by molar-refractivity contribution is 0.260. The second-order valence-corrected chi connectivity index (χ2v) is 5.68. The van der Waals surface area contributed by atoms with Gasteiger partial charge >= 0.3 is 0 Å². The van der Waals surface area contributed by atoms with Gasteiger partial charge in [-0.05, 0) is 24.7 Å². The number of methoxy groups -OCH3 is 2. The van der Waals surface area contributed by atoms with E-state index >= 15 is 0 Å². The van der Waals surface area contributed by atoms with E-state index in [0.29, 0.717) is 35.6 Å². The van der Waals surface area contributed by atoms with Crippen molar-refractivity contribution in [2.75, 3.05) is 32.2 Å². The molecule has 1 aromatic rings. The lowest BCUT2D eigenvalue weighted by Crippen LogP contribution is -2.38. The van der Waals surface area contributed by atoms with Crippen LogP contribution in [0.1, 0.15) is 19.3 Å². The molecule has 3 unspecified atom stereocenters. The van der Waals surface area contributed by atoms with Crippen molar-refractivity contribution in [1.82, 2.24) is 9.97 Å². The number of hydrogen-bond acceptors (Lipinski definition) is 6. The summed E-state index contributed by atoms with van der Waals surface area (Å²) in [7, 11) is 3.20. The van der Waals surface area contributed by atoms with E-state index in [9.17, 15) is 0 Å². The minimum atomic E-state index is 0.311. The zero-order chi connectivity index (χ0) is 14.1. The fraction of sp³-hybridized carbons (Fsp3) is 0.714. The average molecular weight is 278 g/mol. The normalized spacial score (nSPS) is 29.1. The Balaban J connectivity index is 1.83. The highest BCUT2D eigenvalue weighted by Crippen LogP contribution is 2.37. The van der Waals surface area contributed by atoms with Gasteiger partial charge in [-0.25, -0.2) is 0 Å². The van der Waals surface area contributed by atoms with Gasteiger partial charge in [0.25, 0.3) is 0 Å².